The summed E-state index contributed by atoms with van der Waals surface area (Å²) in [5.74, 6) is 1.19. The number of benzene rings is 1. The topological polar surface area (TPSA) is 169 Å². The number of ether oxygens (including phenoxy) is 2. The molecule has 0 unspecified atom stereocenters. The van der Waals surface area contributed by atoms with Crippen molar-refractivity contribution >= 4 is 23.8 Å². The van der Waals surface area contributed by atoms with Crippen LogP contribution in [0.4, 0.5) is 17.8 Å². The molecule has 1 aliphatic carbocycles. The number of hydrogen-bond acceptors (Lipinski definition) is 11. The van der Waals surface area contributed by atoms with Crippen LogP contribution in [0, 0.1) is 0 Å². The van der Waals surface area contributed by atoms with E-state index in [1.165, 1.54) is 12.8 Å². The van der Waals surface area contributed by atoms with E-state index in [-0.39, 0.29) is 12.5 Å². The second-order valence-corrected chi connectivity index (χ2v) is 8.40. The molecular formula is C24H38N8O4. The van der Waals surface area contributed by atoms with E-state index in [0.29, 0.717) is 82.1 Å². The van der Waals surface area contributed by atoms with Crippen molar-refractivity contribution in [3.63, 3.8) is 0 Å². The number of aromatic nitrogens is 3. The highest BCUT2D eigenvalue weighted by Crippen LogP contribution is 2.21. The fourth-order valence-corrected chi connectivity index (χ4v) is 3.72. The Kier molecular flexibility index (Phi) is 12.1. The van der Waals surface area contributed by atoms with Gasteiger partial charge in [0, 0.05) is 37.8 Å². The lowest BCUT2D eigenvalue weighted by molar-refractivity contribution is 0.0511. The molecule has 1 fully saturated rings. The SMILES string of the molecule is NCCOCCOCCNC(=O)c1ccc(CNc2nc(NCCO)nc(NC3CCCC3)n2)cc1. The van der Waals surface area contributed by atoms with Gasteiger partial charge in [-0.1, -0.05) is 25.0 Å². The second-order valence-electron chi connectivity index (χ2n) is 8.40. The Balaban J connectivity index is 1.45. The molecule has 198 valence electrons. The van der Waals surface area contributed by atoms with E-state index in [0.717, 1.165) is 18.4 Å². The van der Waals surface area contributed by atoms with Crippen LogP contribution in [0.1, 0.15) is 41.6 Å². The number of rotatable bonds is 17. The van der Waals surface area contributed by atoms with Gasteiger partial charge in [-0.15, -0.1) is 0 Å². The molecule has 12 heteroatoms. The quantitative estimate of drug-likeness (QED) is 0.170. The number of nitrogens with zero attached hydrogens (tertiary/aromatic N) is 3. The Labute approximate surface area is 211 Å². The van der Waals surface area contributed by atoms with Gasteiger partial charge in [0.2, 0.25) is 17.8 Å². The maximum absolute atomic E-state index is 12.3. The third-order valence-electron chi connectivity index (χ3n) is 5.55. The minimum absolute atomic E-state index is 0.0169. The Morgan fingerprint density at radius 2 is 1.58 bits per heavy atom. The van der Waals surface area contributed by atoms with Gasteiger partial charge in [-0.05, 0) is 30.5 Å². The first-order valence-corrected chi connectivity index (χ1v) is 12.5. The zero-order valence-corrected chi connectivity index (χ0v) is 20.7. The number of aliphatic hydroxyl groups is 1. The lowest BCUT2D eigenvalue weighted by Gasteiger charge is -2.14. The van der Waals surface area contributed by atoms with Gasteiger partial charge < -0.3 is 41.6 Å². The average Bonchev–Trinajstić information content (AvgIpc) is 3.41. The summed E-state index contributed by atoms with van der Waals surface area (Å²) in [6.07, 6.45) is 4.61. The first-order chi connectivity index (χ1) is 17.7. The van der Waals surface area contributed by atoms with Gasteiger partial charge in [-0.3, -0.25) is 4.79 Å². The minimum Gasteiger partial charge on any atom is -0.395 e. The molecule has 1 aromatic heterocycles. The van der Waals surface area contributed by atoms with Gasteiger partial charge in [0.1, 0.15) is 0 Å². The van der Waals surface area contributed by atoms with Crippen molar-refractivity contribution in [3.05, 3.63) is 35.4 Å². The van der Waals surface area contributed by atoms with Gasteiger partial charge in [0.05, 0.1) is 33.0 Å². The lowest BCUT2D eigenvalue weighted by atomic mass is 10.1. The third kappa shape index (κ3) is 9.90. The van der Waals surface area contributed by atoms with Crippen LogP contribution in [0.2, 0.25) is 0 Å². The zero-order chi connectivity index (χ0) is 25.4. The van der Waals surface area contributed by atoms with Gasteiger partial charge in [-0.25, -0.2) is 0 Å². The fraction of sp³-hybridized carbons (Fsp3) is 0.583. The van der Waals surface area contributed by atoms with Crippen LogP contribution in [0.15, 0.2) is 24.3 Å². The van der Waals surface area contributed by atoms with Gasteiger partial charge in [-0.2, -0.15) is 15.0 Å². The normalized spacial score (nSPS) is 13.5. The van der Waals surface area contributed by atoms with E-state index < -0.39 is 0 Å². The fourth-order valence-electron chi connectivity index (χ4n) is 3.72. The number of nitrogens with two attached hydrogens (primary N) is 1. The number of carbonyl (C=O) groups excluding carboxylic acids is 1. The molecule has 1 heterocycles. The number of anilines is 3. The smallest absolute Gasteiger partial charge is 0.251 e. The highest BCUT2D eigenvalue weighted by molar-refractivity contribution is 5.94. The van der Waals surface area contributed by atoms with Crippen LogP contribution in [0.25, 0.3) is 0 Å². The summed E-state index contributed by atoms with van der Waals surface area (Å²) < 4.78 is 10.6. The first kappa shape index (κ1) is 27.5. The summed E-state index contributed by atoms with van der Waals surface area (Å²) in [5, 5.41) is 21.5. The van der Waals surface area contributed by atoms with E-state index in [2.05, 4.69) is 36.2 Å². The number of amides is 1. The van der Waals surface area contributed by atoms with Crippen LogP contribution < -0.4 is 27.0 Å². The summed E-state index contributed by atoms with van der Waals surface area (Å²) >= 11 is 0. The Morgan fingerprint density at radius 3 is 2.28 bits per heavy atom. The van der Waals surface area contributed by atoms with Crippen molar-refractivity contribution < 1.29 is 19.4 Å². The molecule has 1 saturated carbocycles. The summed E-state index contributed by atoms with van der Waals surface area (Å²) in [7, 11) is 0. The van der Waals surface area contributed by atoms with E-state index in [9.17, 15) is 4.79 Å². The van der Waals surface area contributed by atoms with Crippen LogP contribution >= 0.6 is 0 Å². The highest BCUT2D eigenvalue weighted by Gasteiger charge is 2.17. The molecule has 12 nitrogen and oxygen atoms in total. The van der Waals surface area contributed by atoms with Crippen LogP contribution in [-0.2, 0) is 16.0 Å². The van der Waals surface area contributed by atoms with Crippen molar-refractivity contribution in [3.8, 4) is 0 Å². The molecule has 7 N–H and O–H groups in total. The zero-order valence-electron chi connectivity index (χ0n) is 20.7. The second kappa shape index (κ2) is 15.8. The monoisotopic (exact) mass is 502 g/mol. The molecule has 0 aliphatic heterocycles. The Bertz CT molecular complexity index is 909. The van der Waals surface area contributed by atoms with Gasteiger partial charge in [0.15, 0.2) is 0 Å². The number of nitrogens with one attached hydrogen (secondary N) is 4. The molecule has 1 amide bonds. The Morgan fingerprint density at radius 1 is 0.917 bits per heavy atom. The largest absolute Gasteiger partial charge is 0.395 e. The number of carbonyl (C=O) groups is 1. The lowest BCUT2D eigenvalue weighted by Crippen LogP contribution is -2.27. The first-order valence-electron chi connectivity index (χ1n) is 12.5. The Hall–Kier alpha value is -3.06. The number of hydrogen-bond donors (Lipinski definition) is 6. The van der Waals surface area contributed by atoms with Crippen molar-refractivity contribution in [1.82, 2.24) is 20.3 Å². The molecule has 3 rings (SSSR count). The molecule has 0 spiro atoms. The van der Waals surface area contributed by atoms with Crippen molar-refractivity contribution in [2.45, 2.75) is 38.3 Å². The van der Waals surface area contributed by atoms with Gasteiger partial charge >= 0.3 is 0 Å². The molecule has 0 atom stereocenters. The predicted octanol–water partition coefficient (Wildman–Crippen LogP) is 0.964. The maximum atomic E-state index is 12.3. The molecule has 0 radical (unpaired) electrons. The van der Waals surface area contributed by atoms with Crippen LogP contribution in [0.3, 0.4) is 0 Å². The summed E-state index contributed by atoms with van der Waals surface area (Å²) in [4.78, 5) is 25.6. The van der Waals surface area contributed by atoms with Crippen LogP contribution in [0.5, 0.6) is 0 Å². The van der Waals surface area contributed by atoms with E-state index >= 15 is 0 Å². The van der Waals surface area contributed by atoms with E-state index in [1.54, 1.807) is 12.1 Å². The molecule has 1 aliphatic rings. The molecule has 0 saturated heterocycles. The highest BCUT2D eigenvalue weighted by atomic mass is 16.5. The summed E-state index contributed by atoms with van der Waals surface area (Å²) in [6, 6.07) is 7.70. The maximum Gasteiger partial charge on any atom is 0.251 e. The van der Waals surface area contributed by atoms with Crippen LogP contribution in [-0.4, -0.2) is 84.7 Å². The predicted molar refractivity (Wildman–Crippen MR) is 138 cm³/mol. The standard InChI is InChI=1S/C24H38N8O4/c25-9-13-35-15-16-36-14-11-26-21(34)19-7-5-18(6-8-19)17-28-23-30-22(27-10-12-33)31-24(32-23)29-20-3-1-2-4-20/h5-8,20,33H,1-4,9-17,25H2,(H,26,34)(H3,27,28,29,30,31,32). The molecular weight excluding hydrogens is 464 g/mol. The molecule has 0 bridgehead atoms. The van der Waals surface area contributed by atoms with Crippen molar-refractivity contribution in [2.75, 3.05) is 68.6 Å². The van der Waals surface area contributed by atoms with E-state index in [4.69, 9.17) is 20.3 Å². The average molecular weight is 503 g/mol. The van der Waals surface area contributed by atoms with Gasteiger partial charge in [0.25, 0.3) is 5.91 Å². The minimum atomic E-state index is -0.155. The molecule has 1 aromatic carbocycles. The summed E-state index contributed by atoms with van der Waals surface area (Å²) in [6.45, 7) is 3.62. The van der Waals surface area contributed by atoms with Crippen molar-refractivity contribution in [2.24, 2.45) is 5.73 Å². The number of aliphatic hydroxyl groups excluding tert-OH is 1. The van der Waals surface area contributed by atoms with Crippen molar-refractivity contribution in [1.29, 1.82) is 0 Å². The summed E-state index contributed by atoms with van der Waals surface area (Å²) in [5.41, 5.74) is 6.89. The van der Waals surface area contributed by atoms with E-state index in [1.807, 2.05) is 12.1 Å². The third-order valence-corrected chi connectivity index (χ3v) is 5.55. The molecule has 2 aromatic rings. The molecule has 36 heavy (non-hydrogen) atoms.